The predicted octanol–water partition coefficient (Wildman–Crippen LogP) is 14.3. The predicted molar refractivity (Wildman–Crippen MR) is 251 cm³/mol. The molecule has 4 heteroatoms. The lowest BCUT2D eigenvalue weighted by Gasteiger charge is -2.23. The SMILES string of the molecule is CC1(C)c2ccccc2-c2ccc(-c3cc(-c4ccc5c(c4)C(C)(C)c4ccccc4-5)c4nc(-c5ccc(C#N)cc5)nc(-c5ccc(-c6ccc(C#N)cc6)cc5)c4c3)cc21. The molecule has 0 amide bonds. The van der Waals surface area contributed by atoms with Crippen LogP contribution in [0.25, 0.3) is 89.2 Å². The van der Waals surface area contributed by atoms with Gasteiger partial charge in [0.25, 0.3) is 0 Å². The summed E-state index contributed by atoms with van der Waals surface area (Å²) < 4.78 is 0. The van der Waals surface area contributed by atoms with Gasteiger partial charge in [0.15, 0.2) is 5.82 Å². The van der Waals surface area contributed by atoms with Crippen LogP contribution in [-0.2, 0) is 10.8 Å². The first-order valence-corrected chi connectivity index (χ1v) is 21.1. The molecule has 9 aromatic rings. The Kier molecular flexibility index (Phi) is 8.27. The summed E-state index contributed by atoms with van der Waals surface area (Å²) in [5, 5.41) is 20.0. The minimum atomic E-state index is -0.180. The van der Waals surface area contributed by atoms with E-state index in [2.05, 4.69) is 161 Å². The van der Waals surface area contributed by atoms with Crippen LogP contribution in [0.5, 0.6) is 0 Å². The van der Waals surface area contributed by atoms with Crippen LogP contribution in [0.4, 0.5) is 0 Å². The van der Waals surface area contributed by atoms with Gasteiger partial charge in [0.05, 0.1) is 34.5 Å². The second-order valence-corrected chi connectivity index (χ2v) is 17.6. The normalized spacial score (nSPS) is 13.7. The van der Waals surface area contributed by atoms with Crippen molar-refractivity contribution in [3.05, 3.63) is 203 Å². The van der Waals surface area contributed by atoms with Gasteiger partial charge >= 0.3 is 0 Å². The third kappa shape index (κ3) is 5.72. The van der Waals surface area contributed by atoms with E-state index in [1.165, 1.54) is 44.5 Å². The van der Waals surface area contributed by atoms with Crippen molar-refractivity contribution in [1.82, 2.24) is 9.97 Å². The highest BCUT2D eigenvalue weighted by Crippen LogP contribution is 2.52. The third-order valence-corrected chi connectivity index (χ3v) is 13.4. The summed E-state index contributed by atoms with van der Waals surface area (Å²) in [7, 11) is 0. The zero-order valence-electron chi connectivity index (χ0n) is 35.0. The quantitative estimate of drug-likeness (QED) is 0.174. The van der Waals surface area contributed by atoms with E-state index >= 15 is 0 Å². The van der Waals surface area contributed by atoms with Gasteiger partial charge in [0.1, 0.15) is 0 Å². The zero-order chi connectivity index (χ0) is 42.3. The topological polar surface area (TPSA) is 73.4 Å². The number of nitriles is 2. The first-order valence-electron chi connectivity index (χ1n) is 21.1. The van der Waals surface area contributed by atoms with E-state index in [9.17, 15) is 10.5 Å². The van der Waals surface area contributed by atoms with E-state index in [0.717, 1.165) is 61.1 Å². The summed E-state index contributed by atoms with van der Waals surface area (Å²) in [5.74, 6) is 0.591. The Balaban J connectivity index is 1.17. The molecule has 1 heterocycles. The van der Waals surface area contributed by atoms with Gasteiger partial charge in [-0.05, 0) is 133 Å². The van der Waals surface area contributed by atoms with Crippen LogP contribution in [-0.4, -0.2) is 9.97 Å². The summed E-state index contributed by atoms with van der Waals surface area (Å²) in [5.41, 5.74) is 21.3. The van der Waals surface area contributed by atoms with E-state index in [0.29, 0.717) is 17.0 Å². The van der Waals surface area contributed by atoms with Crippen LogP contribution >= 0.6 is 0 Å². The van der Waals surface area contributed by atoms with Crippen LogP contribution in [0.2, 0.25) is 0 Å². The van der Waals surface area contributed by atoms with E-state index in [1.54, 1.807) is 0 Å². The summed E-state index contributed by atoms with van der Waals surface area (Å²) in [6.07, 6.45) is 0. The standard InChI is InChI=1S/C58H40N4/c1-57(2)50-11-7-5-9-44(50)46-27-25-41(31-52(46)57)43-29-48(42-26-28-47-45-10-6-8-12-51(45)58(3,4)53(47)32-42)55-49(30-43)54(61-56(62-55)40-19-15-36(34-60)16-20-40)39-23-21-38(22-24-39)37-17-13-35(33-59)14-18-37/h5-32H,1-4H3. The van der Waals surface area contributed by atoms with Crippen LogP contribution in [0.15, 0.2) is 170 Å². The molecule has 2 aliphatic carbocycles. The third-order valence-electron chi connectivity index (χ3n) is 13.4. The van der Waals surface area contributed by atoms with Crippen molar-refractivity contribution in [2.75, 3.05) is 0 Å². The molecule has 0 bridgehead atoms. The number of hydrogen-bond acceptors (Lipinski definition) is 4. The molecule has 0 unspecified atom stereocenters. The van der Waals surface area contributed by atoms with Gasteiger partial charge in [-0.15, -0.1) is 0 Å². The molecular weight excluding hydrogens is 753 g/mol. The lowest BCUT2D eigenvalue weighted by molar-refractivity contribution is 0.660. The minimum Gasteiger partial charge on any atom is -0.227 e. The first-order chi connectivity index (χ1) is 30.1. The number of benzene rings is 8. The second-order valence-electron chi connectivity index (χ2n) is 17.6. The zero-order valence-corrected chi connectivity index (χ0v) is 35.0. The number of aromatic nitrogens is 2. The van der Waals surface area contributed by atoms with Crippen LogP contribution in [0.3, 0.4) is 0 Å². The molecule has 4 nitrogen and oxygen atoms in total. The molecule has 2 aliphatic rings. The Bertz CT molecular complexity index is 3390. The molecule has 0 N–H and O–H groups in total. The molecule has 0 fully saturated rings. The Labute approximate surface area is 362 Å². The van der Waals surface area contributed by atoms with Gasteiger partial charge in [-0.3, -0.25) is 0 Å². The second kappa shape index (κ2) is 13.8. The van der Waals surface area contributed by atoms with E-state index in [-0.39, 0.29) is 10.8 Å². The largest absolute Gasteiger partial charge is 0.227 e. The molecular formula is C58H40N4. The smallest absolute Gasteiger partial charge is 0.160 e. The summed E-state index contributed by atoms with van der Waals surface area (Å²) in [6, 6.07) is 64.2. The highest BCUT2D eigenvalue weighted by Gasteiger charge is 2.37. The van der Waals surface area contributed by atoms with Crippen molar-refractivity contribution in [3.8, 4) is 90.4 Å². The van der Waals surface area contributed by atoms with Gasteiger partial charge in [-0.25, -0.2) is 9.97 Å². The molecule has 0 saturated heterocycles. The van der Waals surface area contributed by atoms with Gasteiger partial charge in [0, 0.05) is 32.9 Å². The average molecular weight is 793 g/mol. The lowest BCUT2D eigenvalue weighted by atomic mass is 9.81. The molecule has 0 saturated carbocycles. The Hall–Kier alpha value is -7.92. The van der Waals surface area contributed by atoms with E-state index in [1.807, 2.05) is 48.5 Å². The van der Waals surface area contributed by atoms with Crippen molar-refractivity contribution in [3.63, 3.8) is 0 Å². The Morgan fingerprint density at radius 2 is 0.823 bits per heavy atom. The van der Waals surface area contributed by atoms with E-state index in [4.69, 9.17) is 9.97 Å². The molecule has 0 radical (unpaired) electrons. The molecule has 11 rings (SSSR count). The van der Waals surface area contributed by atoms with Gasteiger partial charge in [0.2, 0.25) is 0 Å². The van der Waals surface area contributed by atoms with Crippen LogP contribution < -0.4 is 0 Å². The minimum absolute atomic E-state index is 0.150. The van der Waals surface area contributed by atoms with Gasteiger partial charge in [-0.1, -0.05) is 137 Å². The Morgan fingerprint density at radius 3 is 1.39 bits per heavy atom. The molecule has 0 spiro atoms. The maximum atomic E-state index is 9.64. The van der Waals surface area contributed by atoms with Gasteiger partial charge < -0.3 is 0 Å². The monoisotopic (exact) mass is 792 g/mol. The molecule has 62 heavy (non-hydrogen) atoms. The van der Waals surface area contributed by atoms with E-state index < -0.39 is 0 Å². The van der Waals surface area contributed by atoms with Crippen molar-refractivity contribution in [1.29, 1.82) is 10.5 Å². The van der Waals surface area contributed by atoms with Crippen molar-refractivity contribution in [2.45, 2.75) is 38.5 Å². The number of rotatable bonds is 5. The first kappa shape index (κ1) is 37.1. The number of nitrogens with zero attached hydrogens (tertiary/aromatic N) is 4. The molecule has 0 atom stereocenters. The molecule has 292 valence electrons. The highest BCUT2D eigenvalue weighted by molar-refractivity contribution is 6.05. The fourth-order valence-electron chi connectivity index (χ4n) is 9.98. The van der Waals surface area contributed by atoms with Crippen LogP contribution in [0.1, 0.15) is 61.1 Å². The fraction of sp³-hybridized carbons (Fsp3) is 0.103. The molecule has 8 aromatic carbocycles. The Morgan fingerprint density at radius 1 is 0.371 bits per heavy atom. The summed E-state index contributed by atoms with van der Waals surface area (Å²) >= 11 is 0. The number of fused-ring (bicyclic) bond motifs is 7. The summed E-state index contributed by atoms with van der Waals surface area (Å²) in [4.78, 5) is 10.8. The van der Waals surface area contributed by atoms with Crippen molar-refractivity contribution >= 4 is 10.9 Å². The van der Waals surface area contributed by atoms with Gasteiger partial charge in [-0.2, -0.15) is 10.5 Å². The maximum absolute atomic E-state index is 9.64. The molecule has 1 aromatic heterocycles. The van der Waals surface area contributed by atoms with Crippen LogP contribution in [0, 0.1) is 22.7 Å². The average Bonchev–Trinajstić information content (AvgIpc) is 3.69. The van der Waals surface area contributed by atoms with Crippen molar-refractivity contribution in [2.24, 2.45) is 0 Å². The highest BCUT2D eigenvalue weighted by atomic mass is 14.9. The maximum Gasteiger partial charge on any atom is 0.160 e. The number of hydrogen-bond donors (Lipinski definition) is 0. The summed E-state index contributed by atoms with van der Waals surface area (Å²) in [6.45, 7) is 9.31. The fourth-order valence-corrected chi connectivity index (χ4v) is 9.98. The molecule has 0 aliphatic heterocycles. The lowest BCUT2D eigenvalue weighted by Crippen LogP contribution is -2.15. The van der Waals surface area contributed by atoms with Crippen molar-refractivity contribution < 1.29 is 0 Å².